The van der Waals surface area contributed by atoms with Crippen molar-refractivity contribution < 1.29 is 27.9 Å². The minimum Gasteiger partial charge on any atom is -0.467 e. The second-order valence-corrected chi connectivity index (χ2v) is 9.43. The molecule has 0 bridgehead atoms. The van der Waals surface area contributed by atoms with Crippen LogP contribution in [0.25, 0.3) is 0 Å². The van der Waals surface area contributed by atoms with Gasteiger partial charge >= 0.3 is 0 Å². The fourth-order valence-corrected chi connectivity index (χ4v) is 5.11. The van der Waals surface area contributed by atoms with Crippen molar-refractivity contribution in [3.8, 4) is 0 Å². The molecule has 2 aliphatic rings. The molecule has 37 heavy (non-hydrogen) atoms. The second kappa shape index (κ2) is 10.4. The quantitative estimate of drug-likeness (QED) is 0.546. The standard InChI is InChI=1S/C27H25ClFN3O5/c28-22-9-2-1-8-21(22)26(35)31-12-10-27(11-13-31)32(25(34)18-5-3-6-19(29)15-18)23(17-37-27)24(33)30-16-20-7-4-14-36-20/h1-9,14-15,23H,10-13,16-17H2,(H,30,33)/t23-/m0/s1. The van der Waals surface area contributed by atoms with Gasteiger partial charge in [0.1, 0.15) is 23.3 Å². The predicted molar refractivity (Wildman–Crippen MR) is 132 cm³/mol. The molecule has 3 amide bonds. The Kier molecular flexibility index (Phi) is 6.99. The lowest BCUT2D eigenvalue weighted by Gasteiger charge is -2.44. The smallest absolute Gasteiger partial charge is 0.256 e. The molecule has 8 nitrogen and oxygen atoms in total. The van der Waals surface area contributed by atoms with Crippen molar-refractivity contribution in [2.45, 2.75) is 31.2 Å². The number of nitrogens with one attached hydrogen (secondary N) is 1. The molecule has 1 spiro atoms. The first-order chi connectivity index (χ1) is 17.9. The number of hydrogen-bond donors (Lipinski definition) is 1. The molecule has 0 saturated carbocycles. The summed E-state index contributed by atoms with van der Waals surface area (Å²) < 4.78 is 25.4. The molecule has 0 unspecified atom stereocenters. The maximum Gasteiger partial charge on any atom is 0.256 e. The predicted octanol–water partition coefficient (Wildman–Crippen LogP) is 3.86. The largest absolute Gasteiger partial charge is 0.467 e. The van der Waals surface area contributed by atoms with Crippen LogP contribution in [0.2, 0.25) is 5.02 Å². The summed E-state index contributed by atoms with van der Waals surface area (Å²) in [4.78, 5) is 43.0. The van der Waals surface area contributed by atoms with Gasteiger partial charge in [-0.25, -0.2) is 4.39 Å². The highest BCUT2D eigenvalue weighted by atomic mass is 35.5. The normalized spacial score (nSPS) is 18.7. The molecular formula is C27H25ClFN3O5. The Morgan fingerprint density at radius 3 is 2.51 bits per heavy atom. The van der Waals surface area contributed by atoms with Gasteiger partial charge in [0.05, 0.1) is 30.0 Å². The average Bonchev–Trinajstić information content (AvgIpc) is 3.56. The Labute approximate surface area is 217 Å². The Morgan fingerprint density at radius 2 is 1.81 bits per heavy atom. The summed E-state index contributed by atoms with van der Waals surface area (Å²) in [6.07, 6.45) is 2.07. The van der Waals surface area contributed by atoms with E-state index in [0.29, 0.717) is 16.3 Å². The molecule has 2 saturated heterocycles. The molecule has 0 radical (unpaired) electrons. The first kappa shape index (κ1) is 25.0. The zero-order chi connectivity index (χ0) is 26.0. The monoisotopic (exact) mass is 525 g/mol. The molecule has 1 aromatic heterocycles. The molecule has 1 N–H and O–H groups in total. The summed E-state index contributed by atoms with van der Waals surface area (Å²) in [5.41, 5.74) is -0.605. The third-order valence-corrected chi connectivity index (χ3v) is 7.14. The first-order valence-corrected chi connectivity index (χ1v) is 12.3. The van der Waals surface area contributed by atoms with E-state index in [4.69, 9.17) is 20.8 Å². The van der Waals surface area contributed by atoms with Crippen molar-refractivity contribution in [1.82, 2.24) is 15.1 Å². The van der Waals surface area contributed by atoms with Crippen LogP contribution in [-0.4, -0.2) is 59.0 Å². The molecule has 0 aliphatic carbocycles. The third-order valence-electron chi connectivity index (χ3n) is 6.81. The van der Waals surface area contributed by atoms with Crippen LogP contribution in [0.1, 0.15) is 39.3 Å². The van der Waals surface area contributed by atoms with E-state index < -0.39 is 29.4 Å². The van der Waals surface area contributed by atoms with Crippen LogP contribution in [0.15, 0.2) is 71.3 Å². The van der Waals surface area contributed by atoms with Gasteiger partial charge in [-0.05, 0) is 42.5 Å². The van der Waals surface area contributed by atoms with E-state index in [-0.39, 0.29) is 50.6 Å². The maximum atomic E-state index is 14.0. The minimum atomic E-state index is -1.12. The molecule has 2 fully saturated rings. The highest BCUT2D eigenvalue weighted by Crippen LogP contribution is 2.39. The lowest BCUT2D eigenvalue weighted by atomic mass is 9.96. The number of halogens is 2. The molecule has 3 aromatic rings. The summed E-state index contributed by atoms with van der Waals surface area (Å²) in [5.74, 6) is -1.13. The first-order valence-electron chi connectivity index (χ1n) is 11.9. The molecule has 3 heterocycles. The van der Waals surface area contributed by atoms with Gasteiger partial charge in [0.15, 0.2) is 0 Å². The Balaban J connectivity index is 1.38. The van der Waals surface area contributed by atoms with Crippen LogP contribution in [0, 0.1) is 5.82 Å². The summed E-state index contributed by atoms with van der Waals surface area (Å²) in [6.45, 7) is 0.705. The lowest BCUT2D eigenvalue weighted by Crippen LogP contribution is -2.59. The van der Waals surface area contributed by atoms with Crippen molar-refractivity contribution in [3.63, 3.8) is 0 Å². The van der Waals surface area contributed by atoms with E-state index in [1.54, 1.807) is 41.3 Å². The summed E-state index contributed by atoms with van der Waals surface area (Å²) in [7, 11) is 0. The average molecular weight is 526 g/mol. The number of piperidine rings is 1. The van der Waals surface area contributed by atoms with Crippen LogP contribution in [0.5, 0.6) is 0 Å². The maximum absolute atomic E-state index is 14.0. The zero-order valence-corrected chi connectivity index (χ0v) is 20.6. The van der Waals surface area contributed by atoms with Crippen LogP contribution < -0.4 is 5.32 Å². The SMILES string of the molecule is O=C(NCc1ccco1)[C@@H]1COC2(CCN(C(=O)c3ccccc3Cl)CC2)N1C(=O)c1cccc(F)c1. The molecule has 1 atom stereocenters. The fraction of sp³-hybridized carbons (Fsp3) is 0.296. The van der Waals surface area contributed by atoms with Crippen molar-refractivity contribution in [2.75, 3.05) is 19.7 Å². The Hall–Kier alpha value is -3.69. The van der Waals surface area contributed by atoms with Crippen molar-refractivity contribution in [3.05, 3.63) is 94.7 Å². The van der Waals surface area contributed by atoms with Gasteiger partial charge in [-0.3, -0.25) is 19.3 Å². The lowest BCUT2D eigenvalue weighted by molar-refractivity contribution is -0.128. The summed E-state index contributed by atoms with van der Waals surface area (Å²) in [6, 6.07) is 14.7. The summed E-state index contributed by atoms with van der Waals surface area (Å²) >= 11 is 6.22. The highest BCUT2D eigenvalue weighted by molar-refractivity contribution is 6.33. The van der Waals surface area contributed by atoms with Gasteiger partial charge < -0.3 is 19.4 Å². The van der Waals surface area contributed by atoms with E-state index in [2.05, 4.69) is 5.32 Å². The fourth-order valence-electron chi connectivity index (χ4n) is 4.90. The van der Waals surface area contributed by atoms with Crippen molar-refractivity contribution in [1.29, 1.82) is 0 Å². The number of likely N-dealkylation sites (tertiary alicyclic amines) is 1. The number of hydrogen-bond acceptors (Lipinski definition) is 5. The van der Waals surface area contributed by atoms with Gasteiger partial charge in [0, 0.05) is 31.5 Å². The van der Waals surface area contributed by atoms with Crippen molar-refractivity contribution >= 4 is 29.3 Å². The van der Waals surface area contributed by atoms with Crippen LogP contribution in [-0.2, 0) is 16.1 Å². The van der Waals surface area contributed by atoms with Crippen LogP contribution in [0.4, 0.5) is 4.39 Å². The molecular weight excluding hydrogens is 501 g/mol. The minimum absolute atomic E-state index is 0.0243. The molecule has 192 valence electrons. The van der Waals surface area contributed by atoms with Gasteiger partial charge in [0.25, 0.3) is 11.8 Å². The number of benzene rings is 2. The van der Waals surface area contributed by atoms with E-state index in [1.807, 2.05) is 0 Å². The van der Waals surface area contributed by atoms with Crippen LogP contribution >= 0.6 is 11.6 Å². The van der Waals surface area contributed by atoms with Gasteiger partial charge in [-0.1, -0.05) is 29.8 Å². The summed E-state index contributed by atoms with van der Waals surface area (Å²) in [5, 5.41) is 3.15. The Morgan fingerprint density at radius 1 is 1.03 bits per heavy atom. The van der Waals surface area contributed by atoms with E-state index >= 15 is 0 Å². The number of furan rings is 1. The molecule has 5 rings (SSSR count). The second-order valence-electron chi connectivity index (χ2n) is 9.03. The Bertz CT molecular complexity index is 1310. The van der Waals surface area contributed by atoms with Crippen molar-refractivity contribution in [2.24, 2.45) is 0 Å². The molecule has 2 aromatic carbocycles. The van der Waals surface area contributed by atoms with Gasteiger partial charge in [0.2, 0.25) is 5.91 Å². The van der Waals surface area contributed by atoms with Crippen LogP contribution in [0.3, 0.4) is 0 Å². The van der Waals surface area contributed by atoms with Gasteiger partial charge in [-0.2, -0.15) is 0 Å². The highest BCUT2D eigenvalue weighted by Gasteiger charge is 2.54. The number of amides is 3. The number of carbonyl (C=O) groups excluding carboxylic acids is 3. The number of nitrogens with zero attached hydrogens (tertiary/aromatic N) is 2. The molecule has 2 aliphatic heterocycles. The number of carbonyl (C=O) groups is 3. The van der Waals surface area contributed by atoms with E-state index in [0.717, 1.165) is 6.07 Å². The molecule has 10 heteroatoms. The van der Waals surface area contributed by atoms with E-state index in [9.17, 15) is 18.8 Å². The topological polar surface area (TPSA) is 92.1 Å². The van der Waals surface area contributed by atoms with Gasteiger partial charge in [-0.15, -0.1) is 0 Å². The third kappa shape index (κ3) is 4.97. The number of rotatable bonds is 5. The zero-order valence-electron chi connectivity index (χ0n) is 19.9. The number of ether oxygens (including phenoxy) is 1. The van der Waals surface area contributed by atoms with E-state index in [1.165, 1.54) is 29.4 Å².